The zero-order valence-electron chi connectivity index (χ0n) is 4.98. The Balaban J connectivity index is 2.02. The highest BCUT2D eigenvalue weighted by Crippen LogP contribution is 2.36. The van der Waals surface area contributed by atoms with E-state index in [1.807, 2.05) is 0 Å². The minimum Gasteiger partial charge on any atom is -0.388 e. The minimum absolute atomic E-state index is 0.942. The third-order valence-electron chi connectivity index (χ3n) is 1.85. The van der Waals surface area contributed by atoms with Crippen LogP contribution in [0.3, 0.4) is 0 Å². The van der Waals surface area contributed by atoms with Crippen LogP contribution in [0.1, 0.15) is 19.3 Å². The molecule has 0 unspecified atom stereocenters. The SMILES string of the molecule is C1=C(C2CC2)NCC1. The van der Waals surface area contributed by atoms with Crippen molar-refractivity contribution in [3.63, 3.8) is 0 Å². The molecule has 0 bridgehead atoms. The first-order chi connectivity index (χ1) is 3.97. The largest absolute Gasteiger partial charge is 0.388 e. The molecule has 0 radical (unpaired) electrons. The topological polar surface area (TPSA) is 12.0 Å². The predicted molar refractivity (Wildman–Crippen MR) is 33.4 cm³/mol. The number of rotatable bonds is 1. The molecule has 1 aliphatic carbocycles. The van der Waals surface area contributed by atoms with Crippen LogP contribution < -0.4 is 5.32 Å². The summed E-state index contributed by atoms with van der Waals surface area (Å²) >= 11 is 0. The van der Waals surface area contributed by atoms with Crippen molar-refractivity contribution in [3.8, 4) is 0 Å². The Hall–Kier alpha value is -0.460. The Bertz CT molecular complexity index is 122. The van der Waals surface area contributed by atoms with E-state index in [0.717, 1.165) is 5.92 Å². The van der Waals surface area contributed by atoms with Gasteiger partial charge in [-0.25, -0.2) is 0 Å². The van der Waals surface area contributed by atoms with Crippen molar-refractivity contribution in [3.05, 3.63) is 11.8 Å². The first-order valence-electron chi connectivity index (χ1n) is 3.41. The Morgan fingerprint density at radius 1 is 1.50 bits per heavy atom. The summed E-state index contributed by atoms with van der Waals surface area (Å²) in [6, 6.07) is 0. The number of hydrogen-bond acceptors (Lipinski definition) is 1. The van der Waals surface area contributed by atoms with Crippen LogP contribution in [0.4, 0.5) is 0 Å². The third-order valence-corrected chi connectivity index (χ3v) is 1.85. The quantitative estimate of drug-likeness (QED) is 0.534. The maximum atomic E-state index is 3.38. The smallest absolute Gasteiger partial charge is 0.0179 e. The molecule has 0 atom stereocenters. The lowest BCUT2D eigenvalue weighted by Crippen LogP contribution is -2.08. The Kier molecular flexibility index (Phi) is 0.833. The third kappa shape index (κ3) is 0.623. The molecule has 44 valence electrons. The number of nitrogens with one attached hydrogen (secondary N) is 1. The Morgan fingerprint density at radius 2 is 2.38 bits per heavy atom. The minimum atomic E-state index is 0.942. The Labute approximate surface area is 49.8 Å². The summed E-state index contributed by atoms with van der Waals surface area (Å²) in [5, 5.41) is 3.38. The van der Waals surface area contributed by atoms with Crippen molar-refractivity contribution in [2.45, 2.75) is 19.3 Å². The summed E-state index contributed by atoms with van der Waals surface area (Å²) in [6.07, 6.45) is 6.46. The monoisotopic (exact) mass is 109 g/mol. The van der Waals surface area contributed by atoms with Crippen molar-refractivity contribution in [2.24, 2.45) is 5.92 Å². The van der Waals surface area contributed by atoms with Crippen LogP contribution in [0.15, 0.2) is 11.8 Å². The average molecular weight is 109 g/mol. The fourth-order valence-electron chi connectivity index (χ4n) is 1.22. The van der Waals surface area contributed by atoms with Crippen LogP contribution in [0.2, 0.25) is 0 Å². The van der Waals surface area contributed by atoms with Gasteiger partial charge in [0, 0.05) is 12.2 Å². The van der Waals surface area contributed by atoms with E-state index in [0.29, 0.717) is 0 Å². The normalized spacial score (nSPS) is 27.2. The van der Waals surface area contributed by atoms with Gasteiger partial charge in [0.05, 0.1) is 0 Å². The predicted octanol–water partition coefficient (Wildman–Crippen LogP) is 1.27. The molecule has 1 saturated carbocycles. The Morgan fingerprint density at radius 3 is 2.88 bits per heavy atom. The molecule has 0 aromatic carbocycles. The van der Waals surface area contributed by atoms with Gasteiger partial charge in [-0.3, -0.25) is 0 Å². The molecule has 2 aliphatic rings. The molecule has 0 aromatic rings. The summed E-state index contributed by atoms with van der Waals surface area (Å²) < 4.78 is 0. The molecule has 0 saturated heterocycles. The molecule has 1 N–H and O–H groups in total. The second-order valence-corrected chi connectivity index (χ2v) is 2.65. The average Bonchev–Trinajstić information content (AvgIpc) is 2.49. The first-order valence-corrected chi connectivity index (χ1v) is 3.41. The van der Waals surface area contributed by atoms with Gasteiger partial charge in [-0.05, 0) is 25.2 Å². The molecular weight excluding hydrogens is 98.1 g/mol. The molecule has 8 heavy (non-hydrogen) atoms. The van der Waals surface area contributed by atoms with Crippen molar-refractivity contribution >= 4 is 0 Å². The van der Waals surface area contributed by atoms with Crippen LogP contribution in [-0.2, 0) is 0 Å². The van der Waals surface area contributed by atoms with Gasteiger partial charge >= 0.3 is 0 Å². The van der Waals surface area contributed by atoms with Gasteiger partial charge in [0.2, 0.25) is 0 Å². The second-order valence-electron chi connectivity index (χ2n) is 2.65. The molecule has 0 aromatic heterocycles. The molecule has 0 amide bonds. The molecule has 0 spiro atoms. The van der Waals surface area contributed by atoms with Crippen LogP contribution in [0, 0.1) is 5.92 Å². The number of hydrogen-bond donors (Lipinski definition) is 1. The summed E-state index contributed by atoms with van der Waals surface area (Å²) in [7, 11) is 0. The summed E-state index contributed by atoms with van der Waals surface area (Å²) in [5.41, 5.74) is 1.53. The van der Waals surface area contributed by atoms with E-state index >= 15 is 0 Å². The van der Waals surface area contributed by atoms with Crippen LogP contribution in [0.25, 0.3) is 0 Å². The second kappa shape index (κ2) is 1.51. The van der Waals surface area contributed by atoms with E-state index in [9.17, 15) is 0 Å². The van der Waals surface area contributed by atoms with E-state index in [1.165, 1.54) is 31.5 Å². The zero-order chi connectivity index (χ0) is 5.40. The molecule has 1 heteroatoms. The van der Waals surface area contributed by atoms with Gasteiger partial charge in [-0.15, -0.1) is 0 Å². The van der Waals surface area contributed by atoms with Crippen molar-refractivity contribution < 1.29 is 0 Å². The molecule has 2 rings (SSSR count). The highest BCUT2D eigenvalue weighted by Gasteiger charge is 2.26. The van der Waals surface area contributed by atoms with Crippen molar-refractivity contribution in [1.82, 2.24) is 5.32 Å². The number of allylic oxidation sites excluding steroid dienone is 1. The highest BCUT2D eigenvalue weighted by atomic mass is 14.9. The van der Waals surface area contributed by atoms with E-state index in [-0.39, 0.29) is 0 Å². The first kappa shape index (κ1) is 4.42. The lowest BCUT2D eigenvalue weighted by Gasteiger charge is -1.97. The standard InChI is InChI=1S/C7H11N/c1-2-7(8-5-1)6-3-4-6/h2,6,8H,1,3-5H2. The maximum Gasteiger partial charge on any atom is 0.0179 e. The fraction of sp³-hybridized carbons (Fsp3) is 0.714. The van der Waals surface area contributed by atoms with Gasteiger partial charge in [-0.2, -0.15) is 0 Å². The molecule has 1 heterocycles. The van der Waals surface area contributed by atoms with Gasteiger partial charge in [0.25, 0.3) is 0 Å². The molecular formula is C7H11N. The lowest BCUT2D eigenvalue weighted by atomic mass is 10.3. The molecule has 1 fully saturated rings. The van der Waals surface area contributed by atoms with Gasteiger partial charge in [0.1, 0.15) is 0 Å². The van der Waals surface area contributed by atoms with E-state index in [2.05, 4.69) is 11.4 Å². The fourth-order valence-corrected chi connectivity index (χ4v) is 1.22. The van der Waals surface area contributed by atoms with Crippen LogP contribution >= 0.6 is 0 Å². The highest BCUT2D eigenvalue weighted by molar-refractivity contribution is 5.14. The maximum absolute atomic E-state index is 3.38. The molecule has 1 nitrogen and oxygen atoms in total. The summed E-state index contributed by atoms with van der Waals surface area (Å²) in [5.74, 6) is 0.942. The van der Waals surface area contributed by atoms with Crippen molar-refractivity contribution in [1.29, 1.82) is 0 Å². The summed E-state index contributed by atoms with van der Waals surface area (Å²) in [4.78, 5) is 0. The van der Waals surface area contributed by atoms with E-state index < -0.39 is 0 Å². The van der Waals surface area contributed by atoms with Crippen molar-refractivity contribution in [2.75, 3.05) is 6.54 Å². The summed E-state index contributed by atoms with van der Waals surface area (Å²) in [6.45, 7) is 1.19. The zero-order valence-corrected chi connectivity index (χ0v) is 4.98. The van der Waals surface area contributed by atoms with Gasteiger partial charge in [0.15, 0.2) is 0 Å². The van der Waals surface area contributed by atoms with Crippen LogP contribution in [0.5, 0.6) is 0 Å². The van der Waals surface area contributed by atoms with Crippen LogP contribution in [-0.4, -0.2) is 6.54 Å². The van der Waals surface area contributed by atoms with Gasteiger partial charge < -0.3 is 5.32 Å². The van der Waals surface area contributed by atoms with Gasteiger partial charge in [-0.1, -0.05) is 6.08 Å². The van der Waals surface area contributed by atoms with E-state index in [4.69, 9.17) is 0 Å². The lowest BCUT2D eigenvalue weighted by molar-refractivity contribution is 0.806. The molecule has 1 aliphatic heterocycles. The van der Waals surface area contributed by atoms with E-state index in [1.54, 1.807) is 0 Å².